The van der Waals surface area contributed by atoms with E-state index in [1.54, 1.807) is 6.07 Å². The van der Waals surface area contributed by atoms with Crippen LogP contribution in [-0.4, -0.2) is 15.9 Å². The van der Waals surface area contributed by atoms with Crippen LogP contribution in [0.25, 0.3) is 0 Å². The van der Waals surface area contributed by atoms with Crippen molar-refractivity contribution in [2.45, 2.75) is 26.7 Å². The molecule has 0 bridgehead atoms. The SMILES string of the molecule is CCC(C)CC(=O)Nc1ccnc(Cl)n1. The smallest absolute Gasteiger partial charge is 0.225 e. The highest BCUT2D eigenvalue weighted by Crippen LogP contribution is 2.10. The number of nitrogens with zero attached hydrogens (tertiary/aromatic N) is 2. The topological polar surface area (TPSA) is 54.9 Å². The first-order chi connectivity index (χ1) is 7.11. The molecule has 0 fully saturated rings. The maximum atomic E-state index is 11.5. The fourth-order valence-corrected chi connectivity index (χ4v) is 1.21. The van der Waals surface area contributed by atoms with E-state index < -0.39 is 0 Å². The Balaban J connectivity index is 2.51. The average Bonchev–Trinajstić information content (AvgIpc) is 2.17. The van der Waals surface area contributed by atoms with Crippen LogP contribution in [0.3, 0.4) is 0 Å². The molecule has 1 aromatic rings. The molecule has 0 aliphatic carbocycles. The van der Waals surface area contributed by atoms with Gasteiger partial charge in [-0.2, -0.15) is 0 Å². The van der Waals surface area contributed by atoms with E-state index in [0.29, 0.717) is 18.2 Å². The summed E-state index contributed by atoms with van der Waals surface area (Å²) in [6, 6.07) is 1.61. The largest absolute Gasteiger partial charge is 0.311 e. The van der Waals surface area contributed by atoms with Crippen LogP contribution in [0.15, 0.2) is 12.3 Å². The molecule has 82 valence electrons. The summed E-state index contributed by atoms with van der Waals surface area (Å²) >= 11 is 5.59. The summed E-state index contributed by atoms with van der Waals surface area (Å²) in [5.74, 6) is 0.782. The monoisotopic (exact) mass is 227 g/mol. The minimum Gasteiger partial charge on any atom is -0.311 e. The van der Waals surface area contributed by atoms with Crippen LogP contribution in [-0.2, 0) is 4.79 Å². The molecule has 0 saturated carbocycles. The second kappa shape index (κ2) is 5.66. The van der Waals surface area contributed by atoms with Gasteiger partial charge >= 0.3 is 0 Å². The molecule has 1 unspecified atom stereocenters. The average molecular weight is 228 g/mol. The van der Waals surface area contributed by atoms with Gasteiger partial charge in [0.2, 0.25) is 11.2 Å². The van der Waals surface area contributed by atoms with Crippen molar-refractivity contribution < 1.29 is 4.79 Å². The van der Waals surface area contributed by atoms with Gasteiger partial charge in [0.15, 0.2) is 0 Å². The van der Waals surface area contributed by atoms with Gasteiger partial charge in [0.05, 0.1) is 0 Å². The van der Waals surface area contributed by atoms with Crippen LogP contribution in [0.1, 0.15) is 26.7 Å². The number of carbonyl (C=O) groups is 1. The number of halogens is 1. The highest BCUT2D eigenvalue weighted by Gasteiger charge is 2.08. The first-order valence-electron chi connectivity index (χ1n) is 4.90. The number of carbonyl (C=O) groups excluding carboxylic acids is 1. The van der Waals surface area contributed by atoms with E-state index in [9.17, 15) is 4.79 Å². The molecular formula is C10H14ClN3O. The maximum Gasteiger partial charge on any atom is 0.225 e. The van der Waals surface area contributed by atoms with Crippen molar-refractivity contribution in [2.24, 2.45) is 5.92 Å². The van der Waals surface area contributed by atoms with Crippen LogP contribution >= 0.6 is 11.6 Å². The predicted octanol–water partition coefficient (Wildman–Crippen LogP) is 2.50. The summed E-state index contributed by atoms with van der Waals surface area (Å²) in [6.07, 6.45) is 2.99. The molecule has 0 spiro atoms. The van der Waals surface area contributed by atoms with Crippen molar-refractivity contribution in [3.63, 3.8) is 0 Å². The van der Waals surface area contributed by atoms with Gasteiger partial charge in [-0.25, -0.2) is 9.97 Å². The molecular weight excluding hydrogens is 214 g/mol. The minimum absolute atomic E-state index is 0.0425. The number of anilines is 1. The summed E-state index contributed by atoms with van der Waals surface area (Å²) in [7, 11) is 0. The molecule has 15 heavy (non-hydrogen) atoms. The third kappa shape index (κ3) is 4.25. The lowest BCUT2D eigenvalue weighted by Crippen LogP contribution is -2.15. The van der Waals surface area contributed by atoms with Crippen molar-refractivity contribution in [3.8, 4) is 0 Å². The molecule has 0 aliphatic heterocycles. The van der Waals surface area contributed by atoms with Gasteiger partial charge in [-0.15, -0.1) is 0 Å². The number of amides is 1. The van der Waals surface area contributed by atoms with E-state index in [4.69, 9.17) is 11.6 Å². The molecule has 1 amide bonds. The van der Waals surface area contributed by atoms with Gasteiger partial charge in [-0.1, -0.05) is 20.3 Å². The standard InChI is InChI=1S/C10H14ClN3O/c1-3-7(2)6-9(15)13-8-4-5-12-10(11)14-8/h4-5,7H,3,6H2,1-2H3,(H,12,13,14,15). The van der Waals surface area contributed by atoms with Crippen LogP contribution in [0.2, 0.25) is 5.28 Å². The summed E-state index contributed by atoms with van der Waals surface area (Å²) in [5.41, 5.74) is 0. The molecule has 1 rings (SSSR count). The fraction of sp³-hybridized carbons (Fsp3) is 0.500. The highest BCUT2D eigenvalue weighted by molar-refractivity contribution is 6.28. The fourth-order valence-electron chi connectivity index (χ4n) is 1.06. The number of hydrogen-bond donors (Lipinski definition) is 1. The molecule has 0 aromatic carbocycles. The maximum absolute atomic E-state index is 11.5. The van der Waals surface area contributed by atoms with Crippen LogP contribution in [0.5, 0.6) is 0 Å². The molecule has 5 heteroatoms. The number of nitrogens with one attached hydrogen (secondary N) is 1. The second-order valence-corrected chi connectivity index (χ2v) is 3.81. The van der Waals surface area contributed by atoms with Gasteiger partial charge in [0, 0.05) is 12.6 Å². The normalized spacial score (nSPS) is 12.2. The van der Waals surface area contributed by atoms with Crippen LogP contribution < -0.4 is 5.32 Å². The third-order valence-corrected chi connectivity index (χ3v) is 2.31. The summed E-state index contributed by atoms with van der Waals surface area (Å²) in [6.45, 7) is 4.09. The molecule has 0 aliphatic rings. The summed E-state index contributed by atoms with van der Waals surface area (Å²) < 4.78 is 0. The van der Waals surface area contributed by atoms with E-state index in [1.165, 1.54) is 6.20 Å². The Labute approximate surface area is 94.1 Å². The van der Waals surface area contributed by atoms with E-state index >= 15 is 0 Å². The second-order valence-electron chi connectivity index (χ2n) is 3.48. The first kappa shape index (κ1) is 11.9. The Morgan fingerprint density at radius 2 is 2.40 bits per heavy atom. The molecule has 0 saturated heterocycles. The molecule has 1 aromatic heterocycles. The first-order valence-corrected chi connectivity index (χ1v) is 5.28. The van der Waals surface area contributed by atoms with Crippen molar-refractivity contribution in [2.75, 3.05) is 5.32 Å². The van der Waals surface area contributed by atoms with E-state index in [2.05, 4.69) is 22.2 Å². The van der Waals surface area contributed by atoms with Crippen LogP contribution in [0, 0.1) is 5.92 Å². The molecule has 1 N–H and O–H groups in total. The Morgan fingerprint density at radius 3 is 3.00 bits per heavy atom. The number of aromatic nitrogens is 2. The van der Waals surface area contributed by atoms with Crippen molar-refractivity contribution in [3.05, 3.63) is 17.5 Å². The van der Waals surface area contributed by atoms with Crippen LogP contribution in [0.4, 0.5) is 5.82 Å². The summed E-state index contributed by atoms with van der Waals surface area (Å²) in [4.78, 5) is 19.1. The third-order valence-electron chi connectivity index (χ3n) is 2.12. The van der Waals surface area contributed by atoms with Gasteiger partial charge in [-0.05, 0) is 23.6 Å². The van der Waals surface area contributed by atoms with E-state index in [0.717, 1.165) is 6.42 Å². The van der Waals surface area contributed by atoms with Gasteiger partial charge in [0.1, 0.15) is 5.82 Å². The van der Waals surface area contributed by atoms with E-state index in [1.807, 2.05) is 6.92 Å². The lowest BCUT2D eigenvalue weighted by atomic mass is 10.1. The lowest BCUT2D eigenvalue weighted by Gasteiger charge is -2.08. The molecule has 4 nitrogen and oxygen atoms in total. The quantitative estimate of drug-likeness (QED) is 0.805. The number of hydrogen-bond acceptors (Lipinski definition) is 3. The Morgan fingerprint density at radius 1 is 1.67 bits per heavy atom. The van der Waals surface area contributed by atoms with E-state index in [-0.39, 0.29) is 11.2 Å². The molecule has 1 heterocycles. The van der Waals surface area contributed by atoms with Gasteiger partial charge < -0.3 is 5.32 Å². The van der Waals surface area contributed by atoms with Crippen molar-refractivity contribution in [1.82, 2.24) is 9.97 Å². The number of rotatable bonds is 4. The molecule has 1 atom stereocenters. The minimum atomic E-state index is -0.0425. The Hall–Kier alpha value is -1.16. The van der Waals surface area contributed by atoms with Gasteiger partial charge in [-0.3, -0.25) is 4.79 Å². The van der Waals surface area contributed by atoms with Gasteiger partial charge in [0.25, 0.3) is 0 Å². The Kier molecular flexibility index (Phi) is 4.49. The summed E-state index contributed by atoms with van der Waals surface area (Å²) in [5, 5.41) is 2.81. The zero-order valence-electron chi connectivity index (χ0n) is 8.83. The zero-order valence-corrected chi connectivity index (χ0v) is 9.58. The molecule has 0 radical (unpaired) electrons. The Bertz CT molecular complexity index is 343. The highest BCUT2D eigenvalue weighted by atomic mass is 35.5. The predicted molar refractivity (Wildman–Crippen MR) is 59.7 cm³/mol. The lowest BCUT2D eigenvalue weighted by molar-refractivity contribution is -0.117. The van der Waals surface area contributed by atoms with Crippen molar-refractivity contribution in [1.29, 1.82) is 0 Å². The zero-order chi connectivity index (χ0) is 11.3. The van der Waals surface area contributed by atoms with Crippen molar-refractivity contribution >= 4 is 23.3 Å².